The van der Waals surface area contributed by atoms with E-state index in [2.05, 4.69) is 9.46 Å². The van der Waals surface area contributed by atoms with Crippen molar-refractivity contribution in [3.8, 4) is 5.75 Å². The van der Waals surface area contributed by atoms with Crippen molar-refractivity contribution in [1.82, 2.24) is 4.72 Å². The molecule has 2 rings (SSSR count). The molecule has 9 heteroatoms. The molecular weight excluding hydrogens is 359 g/mol. The van der Waals surface area contributed by atoms with Gasteiger partial charge in [-0.15, -0.1) is 13.2 Å². The molecule has 0 saturated heterocycles. The highest BCUT2D eigenvalue weighted by Crippen LogP contribution is 2.23. The van der Waals surface area contributed by atoms with E-state index in [9.17, 15) is 26.7 Å². The largest absolute Gasteiger partial charge is 0.573 e. The molecular formula is C16H16F3NO4S. The predicted octanol–water partition coefficient (Wildman–Crippen LogP) is 2.47. The quantitative estimate of drug-likeness (QED) is 0.780. The van der Waals surface area contributed by atoms with Crippen LogP contribution in [0.1, 0.15) is 5.56 Å². The highest BCUT2D eigenvalue weighted by molar-refractivity contribution is 7.89. The van der Waals surface area contributed by atoms with Gasteiger partial charge in [-0.25, -0.2) is 13.1 Å². The summed E-state index contributed by atoms with van der Waals surface area (Å²) in [6.45, 7) is -0.224. The number of ether oxygens (including phenoxy) is 1. The summed E-state index contributed by atoms with van der Waals surface area (Å²) in [4.78, 5) is -0.228. The molecule has 136 valence electrons. The molecule has 0 radical (unpaired) electrons. The molecule has 1 atom stereocenters. The summed E-state index contributed by atoms with van der Waals surface area (Å²) in [5.74, 6) is -0.518. The van der Waals surface area contributed by atoms with Crippen LogP contribution in [0.2, 0.25) is 0 Å². The summed E-state index contributed by atoms with van der Waals surface area (Å²) >= 11 is 0. The van der Waals surface area contributed by atoms with E-state index < -0.39 is 28.2 Å². The van der Waals surface area contributed by atoms with Crippen LogP contribution in [0.3, 0.4) is 0 Å². The van der Waals surface area contributed by atoms with Crippen LogP contribution in [-0.4, -0.2) is 32.5 Å². The van der Waals surface area contributed by atoms with Crippen molar-refractivity contribution in [2.24, 2.45) is 0 Å². The number of nitrogens with one attached hydrogen (secondary N) is 1. The van der Waals surface area contributed by atoms with E-state index >= 15 is 0 Å². The fourth-order valence-corrected chi connectivity index (χ4v) is 3.14. The molecule has 2 aromatic rings. The first-order valence-corrected chi connectivity index (χ1v) is 8.71. The van der Waals surface area contributed by atoms with Crippen LogP contribution in [0, 0.1) is 0 Å². The van der Waals surface area contributed by atoms with Crippen molar-refractivity contribution in [2.45, 2.75) is 23.8 Å². The number of sulfonamides is 1. The Hall–Kier alpha value is -2.10. The summed E-state index contributed by atoms with van der Waals surface area (Å²) < 4.78 is 66.4. The first kappa shape index (κ1) is 19.2. The fraction of sp³-hybridized carbons (Fsp3) is 0.250. The Labute approximate surface area is 143 Å². The van der Waals surface area contributed by atoms with Crippen LogP contribution in [0.4, 0.5) is 13.2 Å². The third-order valence-corrected chi connectivity index (χ3v) is 4.63. The first-order chi connectivity index (χ1) is 11.7. The summed E-state index contributed by atoms with van der Waals surface area (Å²) in [5, 5.41) is 9.91. The van der Waals surface area contributed by atoms with E-state index in [0.717, 1.165) is 29.8 Å². The van der Waals surface area contributed by atoms with Gasteiger partial charge in [0.25, 0.3) is 0 Å². The van der Waals surface area contributed by atoms with Gasteiger partial charge in [0.1, 0.15) is 5.75 Å². The molecule has 0 aromatic heterocycles. The van der Waals surface area contributed by atoms with Crippen molar-refractivity contribution in [3.63, 3.8) is 0 Å². The number of alkyl halides is 3. The zero-order valence-corrected chi connectivity index (χ0v) is 13.7. The minimum Gasteiger partial charge on any atom is -0.406 e. The Balaban J connectivity index is 1.94. The minimum atomic E-state index is -4.85. The molecule has 0 aliphatic heterocycles. The molecule has 0 saturated carbocycles. The monoisotopic (exact) mass is 375 g/mol. The Morgan fingerprint density at radius 3 is 2.20 bits per heavy atom. The zero-order chi connectivity index (χ0) is 18.5. The molecule has 1 unspecified atom stereocenters. The number of aliphatic hydroxyl groups is 1. The molecule has 25 heavy (non-hydrogen) atoms. The van der Waals surface area contributed by atoms with Crippen molar-refractivity contribution in [3.05, 3.63) is 60.2 Å². The van der Waals surface area contributed by atoms with Gasteiger partial charge in [0, 0.05) is 6.54 Å². The lowest BCUT2D eigenvalue weighted by molar-refractivity contribution is -0.274. The standard InChI is InChI=1S/C16H16F3NO4S/c17-16(18,19)24-14-6-8-15(9-7-14)25(22,23)20-11-13(21)10-12-4-2-1-3-5-12/h1-9,13,20-21H,10-11H2. The van der Waals surface area contributed by atoms with Crippen LogP contribution in [0.5, 0.6) is 5.75 Å². The topological polar surface area (TPSA) is 75.6 Å². The Morgan fingerprint density at radius 1 is 1.04 bits per heavy atom. The lowest BCUT2D eigenvalue weighted by Gasteiger charge is -2.13. The maximum Gasteiger partial charge on any atom is 0.573 e. The van der Waals surface area contributed by atoms with Crippen molar-refractivity contribution < 1.29 is 31.4 Å². The normalized spacial score (nSPS) is 13.4. The highest BCUT2D eigenvalue weighted by atomic mass is 32.2. The van der Waals surface area contributed by atoms with Crippen molar-refractivity contribution in [2.75, 3.05) is 6.54 Å². The average Bonchev–Trinajstić information content (AvgIpc) is 2.53. The van der Waals surface area contributed by atoms with Gasteiger partial charge in [-0.3, -0.25) is 0 Å². The van der Waals surface area contributed by atoms with Gasteiger partial charge in [0.2, 0.25) is 10.0 Å². The third kappa shape index (κ3) is 6.37. The fourth-order valence-electron chi connectivity index (χ4n) is 2.07. The first-order valence-electron chi connectivity index (χ1n) is 7.23. The van der Waals surface area contributed by atoms with Crippen LogP contribution in [0.15, 0.2) is 59.5 Å². The Bertz CT molecular complexity index is 777. The summed E-state index contributed by atoms with van der Waals surface area (Å²) in [6.07, 6.45) is -5.52. The number of rotatable bonds is 7. The maximum absolute atomic E-state index is 12.1. The number of aliphatic hydroxyl groups excluding tert-OH is 1. The second kappa shape index (κ2) is 7.85. The van der Waals surface area contributed by atoms with Gasteiger partial charge < -0.3 is 9.84 Å². The van der Waals surface area contributed by atoms with Crippen LogP contribution in [-0.2, 0) is 16.4 Å². The number of hydrogen-bond acceptors (Lipinski definition) is 4. The van der Waals surface area contributed by atoms with Crippen LogP contribution >= 0.6 is 0 Å². The van der Waals surface area contributed by atoms with Crippen LogP contribution in [0.25, 0.3) is 0 Å². The third-order valence-electron chi connectivity index (χ3n) is 3.19. The van der Waals surface area contributed by atoms with E-state index in [4.69, 9.17) is 0 Å². The number of halogens is 3. The van der Waals surface area contributed by atoms with E-state index in [1.54, 1.807) is 24.3 Å². The van der Waals surface area contributed by atoms with Gasteiger partial charge in [0.15, 0.2) is 0 Å². The number of benzene rings is 2. The van der Waals surface area contributed by atoms with Crippen LogP contribution < -0.4 is 9.46 Å². The van der Waals surface area contributed by atoms with Gasteiger partial charge >= 0.3 is 6.36 Å². The predicted molar refractivity (Wildman–Crippen MR) is 84.5 cm³/mol. The lowest BCUT2D eigenvalue weighted by atomic mass is 10.1. The van der Waals surface area contributed by atoms with Crippen molar-refractivity contribution >= 4 is 10.0 Å². The van der Waals surface area contributed by atoms with Gasteiger partial charge in [-0.05, 0) is 36.2 Å². The lowest BCUT2D eigenvalue weighted by Crippen LogP contribution is -2.33. The molecule has 2 N–H and O–H groups in total. The van der Waals surface area contributed by atoms with E-state index in [-0.39, 0.29) is 17.9 Å². The molecule has 0 fully saturated rings. The SMILES string of the molecule is O=S(=O)(NCC(O)Cc1ccccc1)c1ccc(OC(F)(F)F)cc1. The summed E-state index contributed by atoms with van der Waals surface area (Å²) in [5.41, 5.74) is 0.850. The second-order valence-electron chi connectivity index (χ2n) is 5.21. The molecule has 0 spiro atoms. The molecule has 0 amide bonds. The molecule has 2 aromatic carbocycles. The van der Waals surface area contributed by atoms with E-state index in [1.165, 1.54) is 0 Å². The minimum absolute atomic E-state index is 0.224. The molecule has 5 nitrogen and oxygen atoms in total. The van der Waals surface area contributed by atoms with E-state index in [0.29, 0.717) is 0 Å². The molecule has 0 aliphatic rings. The highest BCUT2D eigenvalue weighted by Gasteiger charge is 2.31. The van der Waals surface area contributed by atoms with Gasteiger partial charge in [0.05, 0.1) is 11.0 Å². The number of hydrogen-bond donors (Lipinski definition) is 2. The molecule has 0 heterocycles. The van der Waals surface area contributed by atoms with Crippen molar-refractivity contribution in [1.29, 1.82) is 0 Å². The van der Waals surface area contributed by atoms with Gasteiger partial charge in [-0.1, -0.05) is 30.3 Å². The summed E-state index contributed by atoms with van der Waals surface area (Å²) in [7, 11) is -3.95. The zero-order valence-electron chi connectivity index (χ0n) is 12.9. The molecule has 0 bridgehead atoms. The Kier molecular flexibility index (Phi) is 6.04. The second-order valence-corrected chi connectivity index (χ2v) is 6.98. The van der Waals surface area contributed by atoms with E-state index in [1.807, 2.05) is 6.07 Å². The molecule has 0 aliphatic carbocycles. The smallest absolute Gasteiger partial charge is 0.406 e. The Morgan fingerprint density at radius 2 is 1.64 bits per heavy atom. The summed E-state index contributed by atoms with van der Waals surface area (Å²) in [6, 6.07) is 12.8. The van der Waals surface area contributed by atoms with Gasteiger partial charge in [-0.2, -0.15) is 0 Å². The maximum atomic E-state index is 12.1. The average molecular weight is 375 g/mol.